The van der Waals surface area contributed by atoms with Crippen LogP contribution in [0.3, 0.4) is 0 Å². The van der Waals surface area contributed by atoms with Gasteiger partial charge in [0.1, 0.15) is 0 Å². The van der Waals surface area contributed by atoms with Crippen molar-refractivity contribution in [3.05, 3.63) is 34.9 Å². The average Bonchev–Trinajstić information content (AvgIpc) is 2.25. The lowest BCUT2D eigenvalue weighted by atomic mass is 10.0. The fraction of sp³-hybridized carbons (Fsp3) is 0.500. The molecule has 94 valence electrons. The van der Waals surface area contributed by atoms with E-state index < -0.39 is 0 Å². The minimum Gasteiger partial charge on any atom is -0.466 e. The first kappa shape index (κ1) is 14.0. The second kappa shape index (κ2) is 7.33. The number of ether oxygens (including phenoxy) is 1. The molecule has 0 aromatic heterocycles. The van der Waals surface area contributed by atoms with Crippen molar-refractivity contribution in [2.75, 3.05) is 12.5 Å². The monoisotopic (exact) mass is 254 g/mol. The number of carbonyl (C=O) groups excluding carboxylic acids is 1. The molecule has 0 aliphatic carbocycles. The van der Waals surface area contributed by atoms with Crippen LogP contribution in [0.5, 0.6) is 0 Å². The molecule has 0 saturated carbocycles. The first-order valence-electron chi connectivity index (χ1n) is 5.96. The molecule has 1 aromatic carbocycles. The van der Waals surface area contributed by atoms with Gasteiger partial charge in [0.25, 0.3) is 0 Å². The van der Waals surface area contributed by atoms with Crippen molar-refractivity contribution in [1.29, 1.82) is 0 Å². The lowest BCUT2D eigenvalue weighted by Crippen LogP contribution is -2.08. The number of esters is 1. The molecular formula is C14H19ClO2. The summed E-state index contributed by atoms with van der Waals surface area (Å²) in [6.07, 6.45) is 2.27. The molecule has 3 heteroatoms. The topological polar surface area (TPSA) is 26.3 Å². The minimum absolute atomic E-state index is 0.165. The van der Waals surface area contributed by atoms with Gasteiger partial charge in [-0.25, -0.2) is 0 Å². The maximum Gasteiger partial charge on any atom is 0.310 e. The SMILES string of the molecule is CCOC(=O)Cc1cc(C)cc(CCCCl)c1. The highest BCUT2D eigenvalue weighted by atomic mass is 35.5. The van der Waals surface area contributed by atoms with Crippen LogP contribution in [0.2, 0.25) is 0 Å². The van der Waals surface area contributed by atoms with Crippen LogP contribution in [-0.2, 0) is 22.4 Å². The number of halogens is 1. The molecule has 0 heterocycles. The number of carbonyl (C=O) groups is 1. The normalized spacial score (nSPS) is 10.3. The number of rotatable bonds is 6. The minimum atomic E-state index is -0.165. The molecule has 1 aromatic rings. The quantitative estimate of drug-likeness (QED) is 0.575. The van der Waals surface area contributed by atoms with Crippen molar-refractivity contribution in [3.8, 4) is 0 Å². The maximum absolute atomic E-state index is 11.4. The molecule has 0 saturated heterocycles. The van der Waals surface area contributed by atoms with Crippen LogP contribution in [0.4, 0.5) is 0 Å². The van der Waals surface area contributed by atoms with E-state index in [1.54, 1.807) is 0 Å². The fourth-order valence-corrected chi connectivity index (χ4v) is 1.98. The predicted octanol–water partition coefficient (Wildman–Crippen LogP) is 3.27. The first-order valence-corrected chi connectivity index (χ1v) is 6.50. The summed E-state index contributed by atoms with van der Waals surface area (Å²) >= 11 is 5.68. The number of aryl methyl sites for hydroxylation is 2. The Kier molecular flexibility index (Phi) is 6.06. The van der Waals surface area contributed by atoms with Gasteiger partial charge in [-0.15, -0.1) is 11.6 Å². The summed E-state index contributed by atoms with van der Waals surface area (Å²) in [6.45, 7) is 4.29. The Morgan fingerprint density at radius 3 is 2.65 bits per heavy atom. The fourth-order valence-electron chi connectivity index (χ4n) is 1.84. The number of benzene rings is 1. The maximum atomic E-state index is 11.4. The van der Waals surface area contributed by atoms with Crippen molar-refractivity contribution in [2.24, 2.45) is 0 Å². The van der Waals surface area contributed by atoms with Crippen molar-refractivity contribution >= 4 is 17.6 Å². The van der Waals surface area contributed by atoms with E-state index in [1.807, 2.05) is 19.9 Å². The Labute approximate surface area is 108 Å². The molecule has 0 unspecified atom stereocenters. The van der Waals surface area contributed by atoms with Crippen molar-refractivity contribution in [1.82, 2.24) is 0 Å². The van der Waals surface area contributed by atoms with Crippen molar-refractivity contribution < 1.29 is 9.53 Å². The highest BCUT2D eigenvalue weighted by Gasteiger charge is 2.05. The molecular weight excluding hydrogens is 236 g/mol. The zero-order valence-electron chi connectivity index (χ0n) is 10.5. The average molecular weight is 255 g/mol. The molecule has 2 nitrogen and oxygen atoms in total. The molecule has 0 aliphatic rings. The van der Waals surface area contributed by atoms with Gasteiger partial charge in [-0.2, -0.15) is 0 Å². The van der Waals surface area contributed by atoms with E-state index in [0.717, 1.165) is 18.4 Å². The molecule has 0 fully saturated rings. The number of hydrogen-bond donors (Lipinski definition) is 0. The molecule has 0 radical (unpaired) electrons. The van der Waals surface area contributed by atoms with E-state index >= 15 is 0 Å². The molecule has 0 atom stereocenters. The first-order chi connectivity index (χ1) is 8.15. The van der Waals surface area contributed by atoms with E-state index in [4.69, 9.17) is 16.3 Å². The van der Waals surface area contributed by atoms with Gasteiger partial charge in [0, 0.05) is 5.88 Å². The summed E-state index contributed by atoms with van der Waals surface area (Å²) in [7, 11) is 0. The predicted molar refractivity (Wildman–Crippen MR) is 70.6 cm³/mol. The second-order valence-electron chi connectivity index (χ2n) is 4.10. The summed E-state index contributed by atoms with van der Waals surface area (Å²) in [4.78, 5) is 11.4. The Morgan fingerprint density at radius 1 is 1.29 bits per heavy atom. The highest BCUT2D eigenvalue weighted by Crippen LogP contribution is 2.13. The number of alkyl halides is 1. The Bertz CT molecular complexity index is 374. The zero-order valence-corrected chi connectivity index (χ0v) is 11.2. The van der Waals surface area contributed by atoms with Crippen LogP contribution < -0.4 is 0 Å². The molecule has 17 heavy (non-hydrogen) atoms. The van der Waals surface area contributed by atoms with Gasteiger partial charge in [-0.05, 0) is 37.8 Å². The lowest BCUT2D eigenvalue weighted by molar-refractivity contribution is -0.142. The molecule has 0 N–H and O–H groups in total. The molecule has 0 aliphatic heterocycles. The van der Waals surface area contributed by atoms with E-state index in [-0.39, 0.29) is 5.97 Å². The van der Waals surface area contributed by atoms with Gasteiger partial charge < -0.3 is 4.74 Å². The third kappa shape index (κ3) is 5.22. The molecule has 0 bridgehead atoms. The van der Waals surface area contributed by atoms with Crippen molar-refractivity contribution in [3.63, 3.8) is 0 Å². The zero-order chi connectivity index (χ0) is 12.7. The standard InChI is InChI=1S/C14H19ClO2/c1-3-17-14(16)10-13-8-11(2)7-12(9-13)5-4-6-15/h7-9H,3-6,10H2,1-2H3. The van der Waals surface area contributed by atoms with Gasteiger partial charge in [0.15, 0.2) is 0 Å². The van der Waals surface area contributed by atoms with Crippen LogP contribution >= 0.6 is 11.6 Å². The van der Waals surface area contributed by atoms with E-state index in [1.165, 1.54) is 11.1 Å². The summed E-state index contributed by atoms with van der Waals surface area (Å²) in [6, 6.07) is 6.23. The third-order valence-electron chi connectivity index (χ3n) is 2.45. The molecule has 1 rings (SSSR count). The Hall–Kier alpha value is -1.02. The summed E-state index contributed by atoms with van der Waals surface area (Å²) in [5.74, 6) is 0.502. The van der Waals surface area contributed by atoms with Crippen LogP contribution in [0.1, 0.15) is 30.0 Å². The van der Waals surface area contributed by atoms with Crippen LogP contribution in [-0.4, -0.2) is 18.5 Å². The summed E-state index contributed by atoms with van der Waals surface area (Å²) in [5.41, 5.74) is 3.44. The van der Waals surface area contributed by atoms with Crippen LogP contribution in [0.25, 0.3) is 0 Å². The van der Waals surface area contributed by atoms with Crippen LogP contribution in [0.15, 0.2) is 18.2 Å². The Balaban J connectivity index is 2.71. The van der Waals surface area contributed by atoms with Crippen LogP contribution in [0, 0.1) is 6.92 Å². The highest BCUT2D eigenvalue weighted by molar-refractivity contribution is 6.17. The summed E-state index contributed by atoms with van der Waals surface area (Å²) in [5, 5.41) is 0. The van der Waals surface area contributed by atoms with E-state index in [0.29, 0.717) is 18.9 Å². The lowest BCUT2D eigenvalue weighted by Gasteiger charge is -2.07. The van der Waals surface area contributed by atoms with Gasteiger partial charge in [-0.1, -0.05) is 23.8 Å². The van der Waals surface area contributed by atoms with Gasteiger partial charge in [0.05, 0.1) is 13.0 Å². The molecule has 0 spiro atoms. The summed E-state index contributed by atoms with van der Waals surface area (Å²) < 4.78 is 4.95. The van der Waals surface area contributed by atoms with E-state index in [9.17, 15) is 4.79 Å². The van der Waals surface area contributed by atoms with Gasteiger partial charge in [-0.3, -0.25) is 4.79 Å². The third-order valence-corrected chi connectivity index (χ3v) is 2.72. The van der Waals surface area contributed by atoms with Crippen molar-refractivity contribution in [2.45, 2.75) is 33.1 Å². The molecule has 0 amide bonds. The van der Waals surface area contributed by atoms with E-state index in [2.05, 4.69) is 12.1 Å². The second-order valence-corrected chi connectivity index (χ2v) is 4.48. The number of hydrogen-bond acceptors (Lipinski definition) is 2. The van der Waals surface area contributed by atoms with Gasteiger partial charge in [0.2, 0.25) is 0 Å². The smallest absolute Gasteiger partial charge is 0.310 e. The largest absolute Gasteiger partial charge is 0.466 e. The Morgan fingerprint density at radius 2 is 2.00 bits per heavy atom. The van der Waals surface area contributed by atoms with Gasteiger partial charge >= 0.3 is 5.97 Å².